The van der Waals surface area contributed by atoms with Crippen LogP contribution in [-0.2, 0) is 22.0 Å². The molecule has 0 aromatic heterocycles. The first kappa shape index (κ1) is 21.9. The zero-order valence-corrected chi connectivity index (χ0v) is 20.6. The first-order valence-electron chi connectivity index (χ1n) is 12.5. The van der Waals surface area contributed by atoms with E-state index in [4.69, 9.17) is 10.0 Å². The first-order chi connectivity index (χ1) is 17.7. The predicted octanol–water partition coefficient (Wildman–Crippen LogP) is 4.78. The smallest absolute Gasteiger partial charge is 0.407 e. The molecule has 0 radical (unpaired) electrons. The van der Waals surface area contributed by atoms with Gasteiger partial charge in [-0.1, -0.05) is 60.7 Å². The van der Waals surface area contributed by atoms with Crippen LogP contribution in [0.25, 0.3) is 11.1 Å². The number of ether oxygens (including phenoxy) is 1. The van der Waals surface area contributed by atoms with Crippen LogP contribution in [0.2, 0.25) is 0 Å². The lowest BCUT2D eigenvalue weighted by atomic mass is 9.68. The Labute approximate surface area is 212 Å². The van der Waals surface area contributed by atoms with Gasteiger partial charge in [-0.15, -0.1) is 0 Å². The van der Waals surface area contributed by atoms with Crippen molar-refractivity contribution in [2.75, 3.05) is 13.2 Å². The third-order valence-corrected chi connectivity index (χ3v) is 8.59. The maximum Gasteiger partial charge on any atom is 0.407 e. The summed E-state index contributed by atoms with van der Waals surface area (Å²) in [6.45, 7) is 2.60. The number of nitrogens with zero attached hydrogens (tertiary/aromatic N) is 1. The van der Waals surface area contributed by atoms with Crippen molar-refractivity contribution in [3.63, 3.8) is 0 Å². The van der Waals surface area contributed by atoms with E-state index in [2.05, 4.69) is 24.3 Å². The van der Waals surface area contributed by atoms with E-state index in [0.717, 1.165) is 27.8 Å². The van der Waals surface area contributed by atoms with Gasteiger partial charge in [0, 0.05) is 18.0 Å². The lowest BCUT2D eigenvalue weighted by Crippen LogP contribution is -2.55. The monoisotopic (exact) mass is 507 g/mol. The van der Waals surface area contributed by atoms with E-state index in [1.807, 2.05) is 37.3 Å². The second-order valence-corrected chi connectivity index (χ2v) is 10.4. The summed E-state index contributed by atoms with van der Waals surface area (Å²) in [5.74, 6) is -0.213. The van der Waals surface area contributed by atoms with Crippen molar-refractivity contribution in [1.82, 2.24) is 4.90 Å². The number of likely N-dealkylation sites (tertiary alicyclic amines) is 1. The minimum absolute atomic E-state index is 0.0154. The summed E-state index contributed by atoms with van der Waals surface area (Å²) in [5, 5.41) is 10.3. The summed E-state index contributed by atoms with van der Waals surface area (Å²) in [6, 6.07) is 21.6. The number of carboxylic acid groups (broad SMARTS) is 1. The molecule has 7 nitrogen and oxygen atoms in total. The van der Waals surface area contributed by atoms with Gasteiger partial charge in [0.2, 0.25) is 1.12 Å². The van der Waals surface area contributed by atoms with Gasteiger partial charge in [-0.3, -0.25) is 4.90 Å². The molecule has 1 fully saturated rings. The highest BCUT2D eigenvalue weighted by Gasteiger charge is 2.58. The molecule has 186 valence electrons. The fourth-order valence-corrected chi connectivity index (χ4v) is 7.15. The molecule has 1 saturated heterocycles. The Morgan fingerprint density at radius 3 is 2.39 bits per heavy atom. The Morgan fingerprint density at radius 2 is 1.75 bits per heavy atom. The zero-order chi connectivity index (χ0) is 25.9. The van der Waals surface area contributed by atoms with Crippen molar-refractivity contribution in [3.8, 4) is 16.9 Å². The highest BCUT2D eigenvalue weighted by molar-refractivity contribution is 7.67. The molecule has 2 unspecified atom stereocenters. The number of amides is 1. The van der Waals surface area contributed by atoms with E-state index in [9.17, 15) is 18.3 Å². The average Bonchev–Trinajstić information content (AvgIpc) is 3.38. The van der Waals surface area contributed by atoms with Crippen LogP contribution in [0.3, 0.4) is 0 Å². The van der Waals surface area contributed by atoms with Crippen LogP contribution in [0, 0.1) is 5.92 Å². The summed E-state index contributed by atoms with van der Waals surface area (Å²) in [7, 11) is -4.55. The summed E-state index contributed by atoms with van der Waals surface area (Å²) in [5.41, 5.74) is 4.90. The number of fused-ring (bicyclic) bond motifs is 4. The minimum atomic E-state index is -4.55. The van der Waals surface area contributed by atoms with Gasteiger partial charge in [0.1, 0.15) is 11.9 Å². The Balaban J connectivity index is 1.55. The third-order valence-electron chi connectivity index (χ3n) is 8.27. The first-order valence-corrected chi connectivity index (χ1v) is 13.1. The molecule has 2 heterocycles. The predicted molar refractivity (Wildman–Crippen MR) is 135 cm³/mol. The third kappa shape index (κ3) is 3.35. The zero-order valence-electron chi connectivity index (χ0n) is 20.8. The van der Waals surface area contributed by atoms with Gasteiger partial charge in [0.15, 0.2) is 0 Å². The molecule has 1 amide bonds. The molecule has 3 aliphatic rings. The number of carbonyl (C=O) groups is 1. The quantitative estimate of drug-likeness (QED) is 0.494. The van der Waals surface area contributed by atoms with Gasteiger partial charge in [-0.2, -0.15) is 8.42 Å². The highest BCUT2D eigenvalue weighted by atomic mass is 32.2. The number of hydrogen-bond donors (Lipinski definition) is 2. The van der Waals surface area contributed by atoms with Crippen molar-refractivity contribution < 1.29 is 27.2 Å². The van der Waals surface area contributed by atoms with Crippen LogP contribution in [0.15, 0.2) is 66.7 Å². The second kappa shape index (κ2) is 8.64. The van der Waals surface area contributed by atoms with E-state index < -0.39 is 28.6 Å². The largest absolute Gasteiger partial charge is 0.465 e. The van der Waals surface area contributed by atoms with Crippen molar-refractivity contribution >= 4 is 17.0 Å². The number of benzene rings is 3. The van der Waals surface area contributed by atoms with Crippen LogP contribution in [0.1, 0.15) is 47.6 Å². The number of thiol groups is 1. The summed E-state index contributed by atoms with van der Waals surface area (Å²) in [4.78, 5) is 14.1. The van der Waals surface area contributed by atoms with Crippen LogP contribution in [0.5, 0.6) is 5.75 Å². The van der Waals surface area contributed by atoms with Crippen LogP contribution < -0.4 is 4.18 Å². The highest BCUT2D eigenvalue weighted by Crippen LogP contribution is 2.59. The molecule has 0 saturated carbocycles. The second-order valence-electron chi connectivity index (χ2n) is 9.82. The van der Waals surface area contributed by atoms with E-state index in [1.54, 1.807) is 6.07 Å². The Bertz CT molecular complexity index is 1460. The molecule has 0 bridgehead atoms. The van der Waals surface area contributed by atoms with Crippen LogP contribution in [0.4, 0.5) is 4.79 Å². The Hall–Kier alpha value is -3.36. The normalized spacial score (nSPS) is 25.6. The van der Waals surface area contributed by atoms with Crippen molar-refractivity contribution in [2.24, 2.45) is 5.92 Å². The molecule has 36 heavy (non-hydrogen) atoms. The molecule has 8 heteroatoms. The van der Waals surface area contributed by atoms with Crippen molar-refractivity contribution in [3.05, 3.63) is 89.0 Å². The standard InChI is InChI=1S/C28H27NO6S/c1-28(26-24-17(14-16-34-26)7-6-12-23(24)35-36(32)33)22(13-15-29(28)27(30)31)25-20-10-4-2-8-18(20)19-9-3-5-11-21(19)25/h2-12,22,25-26,36H,13-16H2,1H3,(H,30,31)/t22?,26-,28?/m1/s1/i36T. The molecule has 3 atom stereocenters. The molecule has 1 N–H and O–H groups in total. The van der Waals surface area contributed by atoms with Gasteiger partial charge >= 0.3 is 6.09 Å². The Morgan fingerprint density at radius 1 is 1.08 bits per heavy atom. The maximum absolute atomic E-state index is 12.7. The van der Waals surface area contributed by atoms with Gasteiger partial charge < -0.3 is 14.0 Å². The van der Waals surface area contributed by atoms with E-state index in [0.29, 0.717) is 31.6 Å². The molecular formula is C28H27NO6S. The van der Waals surface area contributed by atoms with Crippen molar-refractivity contribution in [2.45, 2.75) is 37.3 Å². The van der Waals surface area contributed by atoms with E-state index in [1.165, 1.54) is 11.0 Å². The molecule has 1 aliphatic carbocycles. The topological polar surface area (TPSA) is 93.1 Å². The molecule has 6 rings (SSSR count). The van der Waals surface area contributed by atoms with Gasteiger partial charge in [-0.05, 0) is 59.6 Å². The number of hydrogen-bond acceptors (Lipinski definition) is 5. The maximum atomic E-state index is 12.7. The SMILES string of the molecule is [3H]S(=O)(=O)Oc1cccc2c1[C@H](C1(C)C(C3c4ccccc4-c4ccccc43)CCN1C(=O)O)OCC2. The lowest BCUT2D eigenvalue weighted by Gasteiger charge is -2.47. The Kier molecular flexibility index (Phi) is 5.25. The van der Waals surface area contributed by atoms with Crippen LogP contribution >= 0.6 is 0 Å². The van der Waals surface area contributed by atoms with Crippen molar-refractivity contribution in [1.29, 1.82) is 1.12 Å². The molecular weight excluding hydrogens is 478 g/mol. The summed E-state index contributed by atoms with van der Waals surface area (Å²) >= 11 is 0. The summed E-state index contributed by atoms with van der Waals surface area (Å²) in [6.07, 6.45) is -0.681. The van der Waals surface area contributed by atoms with Crippen LogP contribution in [-0.4, -0.2) is 44.3 Å². The van der Waals surface area contributed by atoms with Gasteiger partial charge in [0.25, 0.3) is 10.9 Å². The average molecular weight is 508 g/mol. The van der Waals surface area contributed by atoms with Gasteiger partial charge in [-0.25, -0.2) is 4.79 Å². The fraction of sp³-hybridized carbons (Fsp3) is 0.321. The molecule has 3 aromatic rings. The molecule has 0 spiro atoms. The van der Waals surface area contributed by atoms with Gasteiger partial charge in [0.05, 0.1) is 12.1 Å². The fourth-order valence-electron chi connectivity index (χ4n) is 6.85. The lowest BCUT2D eigenvalue weighted by molar-refractivity contribution is -0.0713. The number of rotatable bonds is 4. The summed E-state index contributed by atoms with van der Waals surface area (Å²) < 4.78 is 42.4. The minimum Gasteiger partial charge on any atom is -0.465 e. The molecule has 3 aromatic carbocycles. The van der Waals surface area contributed by atoms with E-state index >= 15 is 0 Å². The van der Waals surface area contributed by atoms with E-state index in [-0.39, 0.29) is 17.6 Å². The molecule has 2 aliphatic heterocycles.